The van der Waals surface area contributed by atoms with Crippen LogP contribution in [0.4, 0.5) is 0 Å². The van der Waals surface area contributed by atoms with Crippen molar-refractivity contribution in [3.63, 3.8) is 0 Å². The molecule has 1 heterocycles. The minimum absolute atomic E-state index is 0.106. The lowest BCUT2D eigenvalue weighted by molar-refractivity contribution is 0.275. The molecule has 0 radical (unpaired) electrons. The van der Waals surface area contributed by atoms with Crippen molar-refractivity contribution in [3.8, 4) is 11.6 Å². The fourth-order valence-electron chi connectivity index (χ4n) is 1.72. The van der Waals surface area contributed by atoms with Crippen molar-refractivity contribution >= 4 is 15.9 Å². The normalized spacial score (nSPS) is 10.8. The van der Waals surface area contributed by atoms with Gasteiger partial charge in [0.05, 0.1) is 6.61 Å². The lowest BCUT2D eigenvalue weighted by atomic mass is 10.0. The molecule has 2 rings (SSSR count). The summed E-state index contributed by atoms with van der Waals surface area (Å²) in [6.45, 7) is 4.16. The van der Waals surface area contributed by atoms with Crippen molar-refractivity contribution in [2.24, 2.45) is 0 Å². The number of benzene rings is 1. The molecule has 2 aromatic rings. The standard InChI is InChI=1S/C15H16BrNO2/c1-10(2)11-4-3-5-14(7-11)19-15-12(9-18)6-13(16)8-17-15/h3-8,10,18H,9H2,1-2H3. The summed E-state index contributed by atoms with van der Waals surface area (Å²) in [4.78, 5) is 4.19. The van der Waals surface area contributed by atoms with Crippen LogP contribution in [-0.2, 0) is 6.61 Å². The zero-order valence-corrected chi connectivity index (χ0v) is 12.5. The topological polar surface area (TPSA) is 42.4 Å². The molecule has 0 bridgehead atoms. The van der Waals surface area contributed by atoms with E-state index in [2.05, 4.69) is 40.8 Å². The fourth-order valence-corrected chi connectivity index (χ4v) is 2.10. The molecule has 4 heteroatoms. The van der Waals surface area contributed by atoms with E-state index in [0.29, 0.717) is 17.4 Å². The number of pyridine rings is 1. The number of hydrogen-bond donors (Lipinski definition) is 1. The second-order valence-electron chi connectivity index (χ2n) is 4.61. The Kier molecular flexibility index (Phi) is 4.56. The lowest BCUT2D eigenvalue weighted by Gasteiger charge is -2.11. The van der Waals surface area contributed by atoms with Gasteiger partial charge in [0.1, 0.15) is 5.75 Å². The zero-order chi connectivity index (χ0) is 13.8. The predicted octanol–water partition coefficient (Wildman–Crippen LogP) is 4.25. The van der Waals surface area contributed by atoms with E-state index in [1.54, 1.807) is 12.3 Å². The molecule has 3 nitrogen and oxygen atoms in total. The summed E-state index contributed by atoms with van der Waals surface area (Å²) in [5.74, 6) is 1.61. The Morgan fingerprint density at radius 1 is 1.32 bits per heavy atom. The Morgan fingerprint density at radius 3 is 2.79 bits per heavy atom. The van der Waals surface area contributed by atoms with Crippen molar-refractivity contribution < 1.29 is 9.84 Å². The first-order valence-corrected chi connectivity index (χ1v) is 6.92. The molecule has 100 valence electrons. The van der Waals surface area contributed by atoms with Gasteiger partial charge in [-0.25, -0.2) is 4.98 Å². The van der Waals surface area contributed by atoms with Gasteiger partial charge in [-0.1, -0.05) is 26.0 Å². The Morgan fingerprint density at radius 2 is 2.11 bits per heavy atom. The molecule has 0 aliphatic carbocycles. The van der Waals surface area contributed by atoms with Crippen LogP contribution < -0.4 is 4.74 Å². The van der Waals surface area contributed by atoms with E-state index in [1.807, 2.05) is 18.2 Å². The predicted molar refractivity (Wildman–Crippen MR) is 78.5 cm³/mol. The summed E-state index contributed by atoms with van der Waals surface area (Å²) in [5, 5.41) is 9.32. The molecule has 0 amide bonds. The molecule has 0 fully saturated rings. The second-order valence-corrected chi connectivity index (χ2v) is 5.52. The van der Waals surface area contributed by atoms with Gasteiger partial charge in [0.15, 0.2) is 0 Å². The highest BCUT2D eigenvalue weighted by molar-refractivity contribution is 9.10. The third-order valence-corrected chi connectivity index (χ3v) is 3.24. The molecule has 1 aromatic heterocycles. The number of rotatable bonds is 4. The molecule has 0 unspecified atom stereocenters. The maximum atomic E-state index is 9.32. The van der Waals surface area contributed by atoms with Crippen LogP contribution in [0, 0.1) is 0 Å². The number of halogens is 1. The smallest absolute Gasteiger partial charge is 0.224 e. The van der Waals surface area contributed by atoms with E-state index in [0.717, 1.165) is 10.2 Å². The van der Waals surface area contributed by atoms with Crippen molar-refractivity contribution in [2.75, 3.05) is 0 Å². The molecule has 0 atom stereocenters. The highest BCUT2D eigenvalue weighted by atomic mass is 79.9. The van der Waals surface area contributed by atoms with E-state index >= 15 is 0 Å². The van der Waals surface area contributed by atoms with Crippen molar-refractivity contribution in [1.82, 2.24) is 4.98 Å². The summed E-state index contributed by atoms with van der Waals surface area (Å²) < 4.78 is 6.57. The number of aliphatic hydroxyl groups excluding tert-OH is 1. The Bertz CT molecular complexity index is 570. The summed E-state index contributed by atoms with van der Waals surface area (Å²) in [6, 6.07) is 9.71. The molecule has 0 aliphatic rings. The number of aliphatic hydroxyl groups is 1. The van der Waals surface area contributed by atoms with Crippen LogP contribution in [0.1, 0.15) is 30.9 Å². The zero-order valence-electron chi connectivity index (χ0n) is 10.9. The molecule has 1 aromatic carbocycles. The van der Waals surface area contributed by atoms with Crippen LogP contribution in [0.5, 0.6) is 11.6 Å². The minimum atomic E-state index is -0.106. The quantitative estimate of drug-likeness (QED) is 0.915. The Balaban J connectivity index is 2.28. The fraction of sp³-hybridized carbons (Fsp3) is 0.267. The van der Waals surface area contributed by atoms with Crippen LogP contribution in [0.2, 0.25) is 0 Å². The van der Waals surface area contributed by atoms with Gasteiger partial charge in [-0.2, -0.15) is 0 Å². The average molecular weight is 322 g/mol. The first kappa shape index (κ1) is 14.0. The molecule has 0 saturated carbocycles. The summed E-state index contributed by atoms with van der Waals surface area (Å²) >= 11 is 3.32. The SMILES string of the molecule is CC(C)c1cccc(Oc2ncc(Br)cc2CO)c1. The van der Waals surface area contributed by atoms with Crippen LogP contribution in [0.3, 0.4) is 0 Å². The lowest BCUT2D eigenvalue weighted by Crippen LogP contribution is -1.96. The van der Waals surface area contributed by atoms with Gasteiger partial charge in [-0.15, -0.1) is 0 Å². The Hall–Kier alpha value is -1.39. The maximum absolute atomic E-state index is 9.32. The van der Waals surface area contributed by atoms with Crippen molar-refractivity contribution in [1.29, 1.82) is 0 Å². The third kappa shape index (κ3) is 3.55. The largest absolute Gasteiger partial charge is 0.439 e. The molecular formula is C15H16BrNO2. The summed E-state index contributed by atoms with van der Waals surface area (Å²) in [7, 11) is 0. The second kappa shape index (κ2) is 6.17. The highest BCUT2D eigenvalue weighted by Gasteiger charge is 2.08. The molecule has 19 heavy (non-hydrogen) atoms. The van der Waals surface area contributed by atoms with Crippen molar-refractivity contribution in [3.05, 3.63) is 52.1 Å². The average Bonchev–Trinajstić information content (AvgIpc) is 2.41. The van der Waals surface area contributed by atoms with E-state index in [1.165, 1.54) is 5.56 Å². The molecular weight excluding hydrogens is 306 g/mol. The van der Waals surface area contributed by atoms with Crippen LogP contribution in [-0.4, -0.2) is 10.1 Å². The monoisotopic (exact) mass is 321 g/mol. The molecule has 1 N–H and O–H groups in total. The van der Waals surface area contributed by atoms with E-state index in [-0.39, 0.29) is 6.61 Å². The van der Waals surface area contributed by atoms with Gasteiger partial charge in [-0.3, -0.25) is 0 Å². The van der Waals surface area contributed by atoms with Crippen molar-refractivity contribution in [2.45, 2.75) is 26.4 Å². The van der Waals surface area contributed by atoms with E-state index in [4.69, 9.17) is 4.74 Å². The van der Waals surface area contributed by atoms with Crippen LogP contribution >= 0.6 is 15.9 Å². The number of aromatic nitrogens is 1. The molecule has 0 saturated heterocycles. The van der Waals surface area contributed by atoms with E-state index < -0.39 is 0 Å². The first-order chi connectivity index (χ1) is 9.10. The molecule has 0 spiro atoms. The van der Waals surface area contributed by atoms with Crippen LogP contribution in [0.15, 0.2) is 41.0 Å². The third-order valence-electron chi connectivity index (χ3n) is 2.80. The van der Waals surface area contributed by atoms with Crippen LogP contribution in [0.25, 0.3) is 0 Å². The van der Waals surface area contributed by atoms with Gasteiger partial charge in [0.2, 0.25) is 5.88 Å². The van der Waals surface area contributed by atoms with Gasteiger partial charge >= 0.3 is 0 Å². The van der Waals surface area contributed by atoms with Gasteiger partial charge in [-0.05, 0) is 45.6 Å². The number of hydrogen-bond acceptors (Lipinski definition) is 3. The number of nitrogens with zero attached hydrogens (tertiary/aromatic N) is 1. The van der Waals surface area contributed by atoms with Gasteiger partial charge < -0.3 is 9.84 Å². The number of ether oxygens (including phenoxy) is 1. The highest BCUT2D eigenvalue weighted by Crippen LogP contribution is 2.27. The first-order valence-electron chi connectivity index (χ1n) is 6.13. The maximum Gasteiger partial charge on any atom is 0.224 e. The summed E-state index contributed by atoms with van der Waals surface area (Å²) in [5.41, 5.74) is 1.87. The summed E-state index contributed by atoms with van der Waals surface area (Å²) in [6.07, 6.45) is 1.65. The molecule has 0 aliphatic heterocycles. The Labute approximate surface area is 121 Å². The van der Waals surface area contributed by atoms with E-state index in [9.17, 15) is 5.11 Å². The van der Waals surface area contributed by atoms with Gasteiger partial charge in [0.25, 0.3) is 0 Å². The van der Waals surface area contributed by atoms with Gasteiger partial charge in [0, 0.05) is 16.2 Å². The minimum Gasteiger partial charge on any atom is -0.439 e.